The standard InChI is InChI=1S/C6H7N2O/c7-4-1-2-6(9)5(8)3-4/h1-3H,7-8H2. The first-order chi connectivity index (χ1) is 4.20. The molecule has 1 aromatic rings. The molecule has 0 aliphatic heterocycles. The van der Waals surface area contributed by atoms with Crippen molar-refractivity contribution in [2.75, 3.05) is 11.5 Å². The second kappa shape index (κ2) is 1.85. The van der Waals surface area contributed by atoms with Crippen LogP contribution in [0, 0.1) is 0 Å². The van der Waals surface area contributed by atoms with Crippen LogP contribution in [0.2, 0.25) is 0 Å². The largest absolute Gasteiger partial charge is 0.399 e. The third-order valence-electron chi connectivity index (χ3n) is 1.03. The Kier molecular flexibility index (Phi) is 1.18. The van der Waals surface area contributed by atoms with Crippen LogP contribution < -0.4 is 11.5 Å². The highest BCUT2D eigenvalue weighted by Crippen LogP contribution is 2.21. The summed E-state index contributed by atoms with van der Waals surface area (Å²) >= 11 is 0. The zero-order valence-corrected chi connectivity index (χ0v) is 4.79. The van der Waals surface area contributed by atoms with Crippen LogP contribution in [0.3, 0.4) is 0 Å². The average molecular weight is 123 g/mol. The van der Waals surface area contributed by atoms with Crippen molar-refractivity contribution in [2.24, 2.45) is 0 Å². The van der Waals surface area contributed by atoms with Crippen molar-refractivity contribution in [3.05, 3.63) is 18.2 Å². The van der Waals surface area contributed by atoms with Crippen LogP contribution in [0.4, 0.5) is 11.4 Å². The van der Waals surface area contributed by atoms with Gasteiger partial charge in [-0.2, -0.15) is 0 Å². The third kappa shape index (κ3) is 1.05. The monoisotopic (exact) mass is 123 g/mol. The first-order valence-corrected chi connectivity index (χ1v) is 2.52. The molecule has 0 saturated heterocycles. The zero-order valence-electron chi connectivity index (χ0n) is 4.79. The second-order valence-electron chi connectivity index (χ2n) is 1.80. The first kappa shape index (κ1) is 5.75. The van der Waals surface area contributed by atoms with Gasteiger partial charge < -0.3 is 11.5 Å². The molecule has 0 fully saturated rings. The maximum Gasteiger partial charge on any atom is 0.201 e. The van der Waals surface area contributed by atoms with Gasteiger partial charge in [0.2, 0.25) is 5.75 Å². The van der Waals surface area contributed by atoms with Crippen molar-refractivity contribution in [2.45, 2.75) is 0 Å². The Balaban J connectivity index is 3.17. The molecule has 0 saturated carbocycles. The highest BCUT2D eigenvalue weighted by molar-refractivity contribution is 5.59. The van der Waals surface area contributed by atoms with Crippen LogP contribution in [0.5, 0.6) is 5.75 Å². The Hall–Kier alpha value is -1.38. The number of hydrogen-bond donors (Lipinski definition) is 2. The molecule has 0 heterocycles. The van der Waals surface area contributed by atoms with Crippen LogP contribution in [-0.2, 0) is 5.11 Å². The number of rotatable bonds is 0. The van der Waals surface area contributed by atoms with Gasteiger partial charge in [0.1, 0.15) is 0 Å². The lowest BCUT2D eigenvalue weighted by Crippen LogP contribution is -1.88. The van der Waals surface area contributed by atoms with E-state index in [0.29, 0.717) is 5.69 Å². The smallest absolute Gasteiger partial charge is 0.201 e. The molecule has 0 aliphatic carbocycles. The highest BCUT2D eigenvalue weighted by atomic mass is 16.3. The fourth-order valence-electron chi connectivity index (χ4n) is 0.567. The summed E-state index contributed by atoms with van der Waals surface area (Å²) in [6.07, 6.45) is 0. The molecule has 0 unspecified atom stereocenters. The molecule has 0 spiro atoms. The van der Waals surface area contributed by atoms with Gasteiger partial charge in [-0.1, -0.05) is 0 Å². The molecule has 9 heavy (non-hydrogen) atoms. The summed E-state index contributed by atoms with van der Waals surface area (Å²) < 4.78 is 0. The Morgan fingerprint density at radius 2 is 1.89 bits per heavy atom. The van der Waals surface area contributed by atoms with Gasteiger partial charge in [0.25, 0.3) is 0 Å². The summed E-state index contributed by atoms with van der Waals surface area (Å²) in [6.45, 7) is 0. The minimum atomic E-state index is -0.177. The first-order valence-electron chi connectivity index (χ1n) is 2.52. The van der Waals surface area contributed by atoms with Gasteiger partial charge in [-0.3, -0.25) is 5.11 Å². The number of hydrogen-bond acceptors (Lipinski definition) is 2. The van der Waals surface area contributed by atoms with Crippen molar-refractivity contribution < 1.29 is 5.11 Å². The van der Waals surface area contributed by atoms with Crippen LogP contribution in [0.25, 0.3) is 0 Å². The molecule has 0 atom stereocenters. The van der Waals surface area contributed by atoms with E-state index in [-0.39, 0.29) is 11.4 Å². The minimum absolute atomic E-state index is 0.177. The van der Waals surface area contributed by atoms with Gasteiger partial charge in [0, 0.05) is 5.69 Å². The molecule has 47 valence electrons. The van der Waals surface area contributed by atoms with E-state index >= 15 is 0 Å². The van der Waals surface area contributed by atoms with E-state index < -0.39 is 0 Å². The SMILES string of the molecule is Nc1ccc([O])c(N)c1. The van der Waals surface area contributed by atoms with Crippen molar-refractivity contribution in [1.82, 2.24) is 0 Å². The number of benzene rings is 1. The lowest BCUT2D eigenvalue weighted by molar-refractivity contribution is 0.357. The topological polar surface area (TPSA) is 71.9 Å². The van der Waals surface area contributed by atoms with E-state index in [1.165, 1.54) is 18.2 Å². The maximum absolute atomic E-state index is 10.6. The third-order valence-corrected chi connectivity index (χ3v) is 1.03. The molecule has 3 nitrogen and oxygen atoms in total. The lowest BCUT2D eigenvalue weighted by Gasteiger charge is -1.94. The molecular weight excluding hydrogens is 116 g/mol. The molecule has 1 rings (SSSR count). The van der Waals surface area contributed by atoms with Crippen LogP contribution in [0.1, 0.15) is 0 Å². The summed E-state index contributed by atoms with van der Waals surface area (Å²) in [5.74, 6) is -0.177. The predicted molar refractivity (Wildman–Crippen MR) is 35.4 cm³/mol. The minimum Gasteiger partial charge on any atom is -0.399 e. The van der Waals surface area contributed by atoms with E-state index in [2.05, 4.69) is 0 Å². The quantitative estimate of drug-likeness (QED) is 0.505. The summed E-state index contributed by atoms with van der Waals surface area (Å²) in [7, 11) is 0. The molecule has 1 aromatic carbocycles. The Morgan fingerprint density at radius 1 is 1.22 bits per heavy atom. The Bertz CT molecular complexity index is 222. The number of anilines is 2. The van der Waals surface area contributed by atoms with Crippen molar-refractivity contribution in [1.29, 1.82) is 0 Å². The van der Waals surface area contributed by atoms with Crippen molar-refractivity contribution in [3.8, 4) is 5.75 Å². The fourth-order valence-corrected chi connectivity index (χ4v) is 0.567. The van der Waals surface area contributed by atoms with Gasteiger partial charge in [-0.15, -0.1) is 0 Å². The summed E-state index contributed by atoms with van der Waals surface area (Å²) in [4.78, 5) is 0. The average Bonchev–Trinajstić information content (AvgIpc) is 1.80. The van der Waals surface area contributed by atoms with E-state index in [1.54, 1.807) is 0 Å². The Labute approximate surface area is 52.9 Å². The van der Waals surface area contributed by atoms with Gasteiger partial charge in [0.15, 0.2) is 0 Å². The van der Waals surface area contributed by atoms with Crippen molar-refractivity contribution in [3.63, 3.8) is 0 Å². The summed E-state index contributed by atoms with van der Waals surface area (Å²) in [5, 5.41) is 10.6. The van der Waals surface area contributed by atoms with E-state index in [1.807, 2.05) is 0 Å². The maximum atomic E-state index is 10.6. The molecule has 0 bridgehead atoms. The van der Waals surface area contributed by atoms with Crippen LogP contribution in [-0.4, -0.2) is 0 Å². The molecule has 0 amide bonds. The van der Waals surface area contributed by atoms with Gasteiger partial charge in [0.05, 0.1) is 5.69 Å². The Morgan fingerprint density at radius 3 is 2.33 bits per heavy atom. The van der Waals surface area contributed by atoms with Crippen LogP contribution in [0.15, 0.2) is 18.2 Å². The van der Waals surface area contributed by atoms with Crippen LogP contribution >= 0.6 is 0 Å². The number of nitrogens with two attached hydrogens (primary N) is 2. The normalized spacial score (nSPS) is 9.33. The molecule has 1 radical (unpaired) electrons. The highest BCUT2D eigenvalue weighted by Gasteiger charge is 1.95. The van der Waals surface area contributed by atoms with Gasteiger partial charge >= 0.3 is 0 Å². The molecule has 0 aromatic heterocycles. The van der Waals surface area contributed by atoms with Crippen molar-refractivity contribution >= 4 is 11.4 Å². The molecule has 0 aliphatic rings. The van der Waals surface area contributed by atoms with Gasteiger partial charge in [-0.25, -0.2) is 0 Å². The van der Waals surface area contributed by atoms with E-state index in [0.717, 1.165) is 0 Å². The van der Waals surface area contributed by atoms with E-state index in [9.17, 15) is 5.11 Å². The molecular formula is C6H7N2O. The fraction of sp³-hybridized carbons (Fsp3) is 0. The molecule has 4 N–H and O–H groups in total. The molecule has 3 heteroatoms. The van der Waals surface area contributed by atoms with Gasteiger partial charge in [-0.05, 0) is 18.2 Å². The van der Waals surface area contributed by atoms with E-state index in [4.69, 9.17) is 11.5 Å². The lowest BCUT2D eigenvalue weighted by atomic mass is 10.3. The zero-order chi connectivity index (χ0) is 6.85. The predicted octanol–water partition coefficient (Wildman–Crippen LogP) is 0.995. The summed E-state index contributed by atoms with van der Waals surface area (Å²) in [5.41, 5.74) is 11.3. The second-order valence-corrected chi connectivity index (χ2v) is 1.80. The number of nitrogen functional groups attached to an aromatic ring is 2. The summed E-state index contributed by atoms with van der Waals surface area (Å²) in [6, 6.07) is 4.33.